The van der Waals surface area contributed by atoms with Crippen molar-refractivity contribution < 1.29 is 4.74 Å². The van der Waals surface area contributed by atoms with E-state index in [0.29, 0.717) is 5.88 Å². The Bertz CT molecular complexity index is 1100. The Kier molecular flexibility index (Phi) is 3.92. The lowest BCUT2D eigenvalue weighted by Gasteiger charge is -2.11. The summed E-state index contributed by atoms with van der Waals surface area (Å²) >= 11 is 0. The number of aromatic nitrogens is 4. The minimum absolute atomic E-state index is 0.515. The summed E-state index contributed by atoms with van der Waals surface area (Å²) in [4.78, 5) is 8.75. The standard InChI is InChI=1S/C21H20N4O/c1-13-5-7-17(8-6-13)25-20-18(11-24-25)21(23-12-22-20)26-19-10-14(2)9-15(3)16(19)4/h5-12H,1-4H3. The number of benzene rings is 2. The van der Waals surface area contributed by atoms with E-state index >= 15 is 0 Å². The van der Waals surface area contributed by atoms with Crippen LogP contribution in [0.4, 0.5) is 0 Å². The number of ether oxygens (including phenoxy) is 1. The normalized spacial score (nSPS) is 11.1. The van der Waals surface area contributed by atoms with Crippen LogP contribution < -0.4 is 4.74 Å². The van der Waals surface area contributed by atoms with E-state index in [-0.39, 0.29) is 0 Å². The SMILES string of the molecule is Cc1ccc(-n2ncc3c(Oc4cc(C)cc(C)c4C)ncnc32)cc1. The van der Waals surface area contributed by atoms with Crippen LogP contribution in [0.1, 0.15) is 22.3 Å². The Labute approximate surface area is 152 Å². The summed E-state index contributed by atoms with van der Waals surface area (Å²) in [5.41, 5.74) is 6.34. The molecule has 2 aromatic carbocycles. The van der Waals surface area contributed by atoms with E-state index < -0.39 is 0 Å². The molecule has 26 heavy (non-hydrogen) atoms. The molecule has 0 radical (unpaired) electrons. The van der Waals surface area contributed by atoms with E-state index in [4.69, 9.17) is 4.74 Å². The molecular formula is C21H20N4O. The third-order valence-corrected chi connectivity index (χ3v) is 4.58. The second-order valence-corrected chi connectivity index (χ2v) is 6.62. The molecule has 0 atom stereocenters. The summed E-state index contributed by atoms with van der Waals surface area (Å²) < 4.78 is 7.95. The smallest absolute Gasteiger partial charge is 0.233 e. The van der Waals surface area contributed by atoms with Crippen molar-refractivity contribution in [3.8, 4) is 17.3 Å². The first-order chi connectivity index (χ1) is 12.5. The van der Waals surface area contributed by atoms with Gasteiger partial charge < -0.3 is 4.74 Å². The van der Waals surface area contributed by atoms with Crippen LogP contribution in [-0.4, -0.2) is 19.7 Å². The third kappa shape index (κ3) is 2.81. The minimum atomic E-state index is 0.515. The summed E-state index contributed by atoms with van der Waals surface area (Å²) in [6, 6.07) is 12.3. The fraction of sp³-hybridized carbons (Fsp3) is 0.190. The van der Waals surface area contributed by atoms with Gasteiger partial charge in [0.05, 0.1) is 11.9 Å². The Morgan fingerprint density at radius 2 is 1.65 bits per heavy atom. The number of nitrogens with zero attached hydrogens (tertiary/aromatic N) is 4. The highest BCUT2D eigenvalue weighted by Gasteiger charge is 2.14. The van der Waals surface area contributed by atoms with Crippen molar-refractivity contribution in [3.05, 3.63) is 71.2 Å². The molecule has 0 unspecified atom stereocenters. The van der Waals surface area contributed by atoms with Gasteiger partial charge in [-0.05, 0) is 62.6 Å². The van der Waals surface area contributed by atoms with Crippen LogP contribution in [0, 0.1) is 27.7 Å². The van der Waals surface area contributed by atoms with Crippen LogP contribution in [0.5, 0.6) is 11.6 Å². The zero-order valence-corrected chi connectivity index (χ0v) is 15.3. The van der Waals surface area contributed by atoms with Crippen LogP contribution in [-0.2, 0) is 0 Å². The van der Waals surface area contributed by atoms with Crippen molar-refractivity contribution in [1.29, 1.82) is 0 Å². The second-order valence-electron chi connectivity index (χ2n) is 6.62. The summed E-state index contributed by atoms with van der Waals surface area (Å²) in [5, 5.41) is 5.27. The van der Waals surface area contributed by atoms with Gasteiger partial charge in [-0.3, -0.25) is 0 Å². The van der Waals surface area contributed by atoms with Crippen LogP contribution in [0.2, 0.25) is 0 Å². The van der Waals surface area contributed by atoms with E-state index in [2.05, 4.69) is 61.0 Å². The molecule has 0 aliphatic carbocycles. The molecule has 2 aromatic heterocycles. The van der Waals surface area contributed by atoms with Crippen molar-refractivity contribution in [2.24, 2.45) is 0 Å². The predicted molar refractivity (Wildman–Crippen MR) is 102 cm³/mol. The number of hydrogen-bond acceptors (Lipinski definition) is 4. The quantitative estimate of drug-likeness (QED) is 0.533. The topological polar surface area (TPSA) is 52.8 Å². The molecule has 5 nitrogen and oxygen atoms in total. The Morgan fingerprint density at radius 3 is 2.42 bits per heavy atom. The van der Waals surface area contributed by atoms with Gasteiger partial charge in [0.1, 0.15) is 17.5 Å². The second kappa shape index (κ2) is 6.26. The highest BCUT2D eigenvalue weighted by molar-refractivity contribution is 5.81. The van der Waals surface area contributed by atoms with Crippen molar-refractivity contribution in [3.63, 3.8) is 0 Å². The Morgan fingerprint density at radius 1 is 0.885 bits per heavy atom. The van der Waals surface area contributed by atoms with Crippen LogP contribution in [0.25, 0.3) is 16.7 Å². The van der Waals surface area contributed by atoms with Crippen molar-refractivity contribution in [2.45, 2.75) is 27.7 Å². The first-order valence-corrected chi connectivity index (χ1v) is 8.54. The molecule has 0 aliphatic rings. The van der Waals surface area contributed by atoms with Gasteiger partial charge in [-0.15, -0.1) is 0 Å². The van der Waals surface area contributed by atoms with Gasteiger partial charge in [0.25, 0.3) is 0 Å². The van der Waals surface area contributed by atoms with Gasteiger partial charge in [-0.25, -0.2) is 14.6 Å². The van der Waals surface area contributed by atoms with Gasteiger partial charge in [-0.1, -0.05) is 23.8 Å². The van der Waals surface area contributed by atoms with Crippen LogP contribution >= 0.6 is 0 Å². The van der Waals surface area contributed by atoms with Crippen LogP contribution in [0.15, 0.2) is 48.9 Å². The third-order valence-electron chi connectivity index (χ3n) is 4.58. The van der Waals surface area contributed by atoms with E-state index in [0.717, 1.165) is 33.6 Å². The Hall–Kier alpha value is -3.21. The van der Waals surface area contributed by atoms with Gasteiger partial charge in [-0.2, -0.15) is 5.10 Å². The average Bonchev–Trinajstić information content (AvgIpc) is 3.05. The molecule has 0 saturated carbocycles. The Balaban J connectivity index is 1.79. The molecule has 0 spiro atoms. The maximum Gasteiger partial charge on any atom is 0.233 e. The molecule has 4 rings (SSSR count). The molecule has 0 saturated heterocycles. The van der Waals surface area contributed by atoms with E-state index in [1.807, 2.05) is 18.2 Å². The summed E-state index contributed by atoms with van der Waals surface area (Å²) in [7, 11) is 0. The zero-order valence-electron chi connectivity index (χ0n) is 15.3. The molecule has 0 bridgehead atoms. The average molecular weight is 344 g/mol. The number of hydrogen-bond donors (Lipinski definition) is 0. The number of aryl methyl sites for hydroxylation is 3. The lowest BCUT2D eigenvalue weighted by atomic mass is 10.1. The zero-order chi connectivity index (χ0) is 18.3. The number of rotatable bonds is 3. The van der Waals surface area contributed by atoms with Gasteiger partial charge in [0.15, 0.2) is 5.65 Å². The summed E-state index contributed by atoms with van der Waals surface area (Å²) in [5.74, 6) is 1.33. The lowest BCUT2D eigenvalue weighted by Crippen LogP contribution is -1.99. The fourth-order valence-corrected chi connectivity index (χ4v) is 2.99. The molecule has 0 amide bonds. The molecule has 2 heterocycles. The molecule has 0 aliphatic heterocycles. The summed E-state index contributed by atoms with van der Waals surface area (Å²) in [6.07, 6.45) is 3.27. The minimum Gasteiger partial charge on any atom is -0.438 e. The maximum absolute atomic E-state index is 6.15. The summed E-state index contributed by atoms with van der Waals surface area (Å²) in [6.45, 7) is 8.26. The molecule has 130 valence electrons. The van der Waals surface area contributed by atoms with E-state index in [9.17, 15) is 0 Å². The lowest BCUT2D eigenvalue weighted by molar-refractivity contribution is 0.464. The molecule has 5 heteroatoms. The monoisotopic (exact) mass is 344 g/mol. The molecule has 4 aromatic rings. The highest BCUT2D eigenvalue weighted by atomic mass is 16.5. The predicted octanol–water partition coefficient (Wildman–Crippen LogP) is 4.84. The molecular weight excluding hydrogens is 324 g/mol. The fourth-order valence-electron chi connectivity index (χ4n) is 2.99. The van der Waals surface area contributed by atoms with Gasteiger partial charge >= 0.3 is 0 Å². The number of fused-ring (bicyclic) bond motifs is 1. The van der Waals surface area contributed by atoms with Crippen molar-refractivity contribution >= 4 is 11.0 Å². The first-order valence-electron chi connectivity index (χ1n) is 8.54. The largest absolute Gasteiger partial charge is 0.438 e. The van der Waals surface area contributed by atoms with E-state index in [1.54, 1.807) is 10.9 Å². The van der Waals surface area contributed by atoms with Gasteiger partial charge in [0.2, 0.25) is 5.88 Å². The van der Waals surface area contributed by atoms with E-state index in [1.165, 1.54) is 17.5 Å². The molecule has 0 fully saturated rings. The van der Waals surface area contributed by atoms with Crippen molar-refractivity contribution in [1.82, 2.24) is 19.7 Å². The molecule has 0 N–H and O–H groups in total. The van der Waals surface area contributed by atoms with Crippen molar-refractivity contribution in [2.75, 3.05) is 0 Å². The van der Waals surface area contributed by atoms with Crippen LogP contribution in [0.3, 0.4) is 0 Å². The highest BCUT2D eigenvalue weighted by Crippen LogP contribution is 2.31. The maximum atomic E-state index is 6.15. The van der Waals surface area contributed by atoms with Gasteiger partial charge in [0, 0.05) is 0 Å². The first kappa shape index (κ1) is 16.3.